The fourth-order valence-corrected chi connectivity index (χ4v) is 5.18. The van der Waals surface area contributed by atoms with Gasteiger partial charge in [-0.3, -0.25) is 9.69 Å². The van der Waals surface area contributed by atoms with Crippen LogP contribution in [0.1, 0.15) is 34.0 Å². The summed E-state index contributed by atoms with van der Waals surface area (Å²) in [6.45, 7) is 4.89. The zero-order valence-electron chi connectivity index (χ0n) is 21.8. The van der Waals surface area contributed by atoms with Gasteiger partial charge in [0.1, 0.15) is 29.7 Å². The van der Waals surface area contributed by atoms with Crippen molar-refractivity contribution in [3.05, 3.63) is 88.8 Å². The summed E-state index contributed by atoms with van der Waals surface area (Å²) >= 11 is 0. The third-order valence-electron chi connectivity index (χ3n) is 7.30. The maximum absolute atomic E-state index is 13.4. The minimum absolute atomic E-state index is 0.113. The zero-order valence-corrected chi connectivity index (χ0v) is 21.8. The third-order valence-corrected chi connectivity index (χ3v) is 7.30. The lowest BCUT2D eigenvalue weighted by atomic mass is 10.0. The number of hydrogen-bond donors (Lipinski definition) is 0. The van der Waals surface area contributed by atoms with Crippen LogP contribution in [0, 0.1) is 0 Å². The number of methoxy groups -OCH3 is 2. The monoisotopic (exact) mass is 510 g/mol. The van der Waals surface area contributed by atoms with Crippen molar-refractivity contribution in [2.75, 3.05) is 27.5 Å². The van der Waals surface area contributed by atoms with Gasteiger partial charge in [-0.1, -0.05) is 12.1 Å². The van der Waals surface area contributed by atoms with Crippen LogP contribution in [0.3, 0.4) is 0 Å². The van der Waals surface area contributed by atoms with E-state index < -0.39 is 0 Å². The number of rotatable bonds is 7. The van der Waals surface area contributed by atoms with E-state index >= 15 is 0 Å². The molecule has 38 heavy (non-hydrogen) atoms. The van der Waals surface area contributed by atoms with Crippen molar-refractivity contribution in [1.82, 2.24) is 9.47 Å². The van der Waals surface area contributed by atoms with E-state index in [0.717, 1.165) is 58.8 Å². The molecule has 0 radical (unpaired) electrons. The lowest BCUT2D eigenvalue weighted by molar-refractivity contribution is 0.0949. The van der Waals surface area contributed by atoms with E-state index in [0.29, 0.717) is 30.3 Å². The molecular formula is C31H30N2O5. The summed E-state index contributed by atoms with van der Waals surface area (Å²) in [5.41, 5.74) is 4.73. The number of ether oxygens (including phenoxy) is 4. The van der Waals surface area contributed by atoms with Crippen LogP contribution in [0.15, 0.2) is 66.6 Å². The number of carbonyl (C=O) groups is 1. The average molecular weight is 511 g/mol. The van der Waals surface area contributed by atoms with Gasteiger partial charge < -0.3 is 23.5 Å². The summed E-state index contributed by atoms with van der Waals surface area (Å²) in [5.74, 6) is 3.20. The first-order valence-corrected chi connectivity index (χ1v) is 12.8. The van der Waals surface area contributed by atoms with Crippen LogP contribution < -0.4 is 18.9 Å². The second kappa shape index (κ2) is 9.91. The largest absolute Gasteiger partial charge is 0.497 e. The molecule has 194 valence electrons. The topological polar surface area (TPSA) is 62.2 Å². The molecule has 7 nitrogen and oxygen atoms in total. The van der Waals surface area contributed by atoms with Crippen LogP contribution >= 0.6 is 0 Å². The van der Waals surface area contributed by atoms with Gasteiger partial charge in [-0.05, 0) is 67.4 Å². The summed E-state index contributed by atoms with van der Waals surface area (Å²) in [4.78, 5) is 15.6. The first kappa shape index (κ1) is 24.1. The maximum atomic E-state index is 13.4. The fraction of sp³-hybridized carbons (Fsp3) is 0.258. The van der Waals surface area contributed by atoms with Gasteiger partial charge in [0, 0.05) is 42.3 Å². The van der Waals surface area contributed by atoms with Crippen molar-refractivity contribution in [3.8, 4) is 23.0 Å². The molecule has 0 bridgehead atoms. The molecule has 7 heteroatoms. The standard InChI is InChI=1S/C31H30N2O5/c1-4-33-17-21(25-16-23(36-3)9-11-27(25)33)15-29-30(34)24-10-12-28-26(31(24)38-29)18-32(19-37-28)14-13-20-5-7-22(35-2)8-6-20/h5-12,15-17H,4,13-14,18-19H2,1-3H3/b29-15-. The van der Waals surface area contributed by atoms with E-state index in [1.54, 1.807) is 14.2 Å². The minimum Gasteiger partial charge on any atom is -0.497 e. The van der Waals surface area contributed by atoms with Gasteiger partial charge in [-0.25, -0.2) is 0 Å². The highest BCUT2D eigenvalue weighted by molar-refractivity contribution is 6.15. The number of nitrogens with zero attached hydrogens (tertiary/aromatic N) is 2. The normalized spacial score (nSPS) is 15.8. The van der Waals surface area contributed by atoms with Crippen LogP contribution in [0.4, 0.5) is 0 Å². The van der Waals surface area contributed by atoms with Crippen LogP contribution in [-0.2, 0) is 19.5 Å². The molecular weight excluding hydrogens is 480 g/mol. The van der Waals surface area contributed by atoms with Crippen molar-refractivity contribution in [1.29, 1.82) is 0 Å². The Morgan fingerprint density at radius 3 is 2.55 bits per heavy atom. The molecule has 3 aromatic carbocycles. The Labute approximate surface area is 221 Å². The predicted octanol–water partition coefficient (Wildman–Crippen LogP) is 5.69. The average Bonchev–Trinajstić information content (AvgIpc) is 3.48. The Morgan fingerprint density at radius 2 is 1.79 bits per heavy atom. The van der Waals surface area contributed by atoms with Gasteiger partial charge in [-0.15, -0.1) is 0 Å². The highest BCUT2D eigenvalue weighted by atomic mass is 16.5. The van der Waals surface area contributed by atoms with Gasteiger partial charge in [0.2, 0.25) is 5.78 Å². The summed E-state index contributed by atoms with van der Waals surface area (Å²) in [6, 6.07) is 17.8. The van der Waals surface area contributed by atoms with Crippen LogP contribution in [0.5, 0.6) is 23.0 Å². The van der Waals surface area contributed by atoms with Crippen molar-refractivity contribution < 1.29 is 23.7 Å². The highest BCUT2D eigenvalue weighted by Gasteiger charge is 2.33. The molecule has 4 aromatic rings. The number of fused-ring (bicyclic) bond motifs is 4. The molecule has 0 N–H and O–H groups in total. The Bertz CT molecular complexity index is 1550. The second-order valence-corrected chi connectivity index (χ2v) is 9.54. The molecule has 0 saturated heterocycles. The molecule has 0 saturated carbocycles. The highest BCUT2D eigenvalue weighted by Crippen LogP contribution is 2.42. The summed E-state index contributed by atoms with van der Waals surface area (Å²) in [6.07, 6.45) is 4.78. The minimum atomic E-state index is -0.113. The Hall–Kier alpha value is -4.23. The maximum Gasteiger partial charge on any atom is 0.231 e. The smallest absolute Gasteiger partial charge is 0.231 e. The fourth-order valence-electron chi connectivity index (χ4n) is 5.18. The van der Waals surface area contributed by atoms with E-state index in [1.807, 2.05) is 48.5 Å². The number of Topliss-reactive ketones (excluding diaryl/α,β-unsaturated/α-hetero) is 1. The van der Waals surface area contributed by atoms with E-state index in [1.165, 1.54) is 5.56 Å². The lowest BCUT2D eigenvalue weighted by Crippen LogP contribution is -2.33. The number of hydrogen-bond acceptors (Lipinski definition) is 6. The van der Waals surface area contributed by atoms with Gasteiger partial charge >= 0.3 is 0 Å². The second-order valence-electron chi connectivity index (χ2n) is 9.54. The SMILES string of the molecule is CCn1cc(/C=C2\Oc3c(ccc4c3CN(CCc3ccc(OC)cc3)CO4)C2=O)c2cc(OC)ccc21. The number of carbonyl (C=O) groups excluding carboxylic acids is 1. The number of allylic oxidation sites excluding steroid dienone is 1. The Kier molecular flexibility index (Phi) is 6.29. The van der Waals surface area contributed by atoms with E-state index in [9.17, 15) is 4.79 Å². The van der Waals surface area contributed by atoms with E-state index in [4.69, 9.17) is 18.9 Å². The molecule has 6 rings (SSSR count). The van der Waals surface area contributed by atoms with Crippen molar-refractivity contribution >= 4 is 22.8 Å². The quantitative estimate of drug-likeness (QED) is 0.298. The number of aryl methyl sites for hydroxylation is 1. The molecule has 0 atom stereocenters. The van der Waals surface area contributed by atoms with Crippen LogP contribution in [0.25, 0.3) is 17.0 Å². The summed E-state index contributed by atoms with van der Waals surface area (Å²) in [5, 5.41) is 1.01. The summed E-state index contributed by atoms with van der Waals surface area (Å²) in [7, 11) is 3.33. The van der Waals surface area contributed by atoms with Crippen LogP contribution in [0.2, 0.25) is 0 Å². The number of benzene rings is 3. The van der Waals surface area contributed by atoms with Crippen LogP contribution in [-0.4, -0.2) is 42.7 Å². The molecule has 0 fully saturated rings. The van der Waals surface area contributed by atoms with Gasteiger partial charge in [0.05, 0.1) is 25.3 Å². The Balaban J connectivity index is 1.25. The number of ketones is 1. The lowest BCUT2D eigenvalue weighted by Gasteiger charge is -2.29. The summed E-state index contributed by atoms with van der Waals surface area (Å²) < 4.78 is 25.2. The van der Waals surface area contributed by atoms with Crippen molar-refractivity contribution in [2.24, 2.45) is 0 Å². The molecule has 0 spiro atoms. The number of aromatic nitrogens is 1. The van der Waals surface area contributed by atoms with E-state index in [2.05, 4.69) is 34.7 Å². The molecule has 0 amide bonds. The molecule has 3 heterocycles. The molecule has 0 unspecified atom stereocenters. The first-order chi connectivity index (χ1) is 18.6. The molecule has 2 aliphatic rings. The van der Waals surface area contributed by atoms with E-state index in [-0.39, 0.29) is 5.78 Å². The van der Waals surface area contributed by atoms with Crippen molar-refractivity contribution in [2.45, 2.75) is 26.4 Å². The third kappa shape index (κ3) is 4.29. The van der Waals surface area contributed by atoms with Gasteiger partial charge in [0.15, 0.2) is 5.76 Å². The predicted molar refractivity (Wildman–Crippen MR) is 146 cm³/mol. The molecule has 0 aliphatic carbocycles. The van der Waals surface area contributed by atoms with Gasteiger partial charge in [0.25, 0.3) is 0 Å². The molecule has 1 aromatic heterocycles. The zero-order chi connectivity index (χ0) is 26.2. The molecule has 2 aliphatic heterocycles. The Morgan fingerprint density at radius 1 is 1.00 bits per heavy atom. The van der Waals surface area contributed by atoms with Crippen molar-refractivity contribution in [3.63, 3.8) is 0 Å². The first-order valence-electron chi connectivity index (χ1n) is 12.8. The van der Waals surface area contributed by atoms with Gasteiger partial charge in [-0.2, -0.15) is 0 Å².